The maximum Gasteiger partial charge on any atom is 0.510 e. The summed E-state index contributed by atoms with van der Waals surface area (Å²) in [4.78, 5) is 11.3. The van der Waals surface area contributed by atoms with Crippen molar-refractivity contribution in [3.8, 4) is 0 Å². The molecule has 0 aliphatic rings. The number of rotatable bonds is 5. The maximum atomic E-state index is 11.0. The van der Waals surface area contributed by atoms with Crippen LogP contribution in [0.1, 0.15) is 16.7 Å². The second kappa shape index (κ2) is 7.60. The molecule has 1 N–H and O–H groups in total. The van der Waals surface area contributed by atoms with Gasteiger partial charge in [0.15, 0.2) is 0 Å². The number of aryl methyl sites for hydroxylation is 2. The SMILES string of the molecule is Cc1ccc(N(c2ccc(C)cc2)c2ccc(C[P+](=O)O)cc2)cc1. The summed E-state index contributed by atoms with van der Waals surface area (Å²) in [5, 5.41) is 0. The molecule has 0 saturated heterocycles. The van der Waals surface area contributed by atoms with Crippen LogP contribution < -0.4 is 4.90 Å². The second-order valence-corrected chi connectivity index (χ2v) is 7.20. The van der Waals surface area contributed by atoms with Gasteiger partial charge < -0.3 is 4.90 Å². The molecule has 0 bridgehead atoms. The molecule has 3 aromatic carbocycles. The molecule has 126 valence electrons. The van der Waals surface area contributed by atoms with E-state index in [2.05, 4.69) is 67.3 Å². The lowest BCUT2D eigenvalue weighted by molar-refractivity contribution is 0.502. The predicted octanol–water partition coefficient (Wildman–Crippen LogP) is 6.01. The molecular weight excluding hydrogens is 329 g/mol. The minimum atomic E-state index is -2.16. The number of nitrogens with zero attached hydrogens (tertiary/aromatic N) is 1. The normalized spacial score (nSPS) is 11.2. The van der Waals surface area contributed by atoms with Crippen molar-refractivity contribution in [3.63, 3.8) is 0 Å². The van der Waals surface area contributed by atoms with Gasteiger partial charge in [-0.15, -0.1) is 0 Å². The zero-order valence-electron chi connectivity index (χ0n) is 14.4. The van der Waals surface area contributed by atoms with Crippen molar-refractivity contribution in [1.82, 2.24) is 0 Å². The van der Waals surface area contributed by atoms with Gasteiger partial charge in [0.1, 0.15) is 0 Å². The number of hydrogen-bond donors (Lipinski definition) is 1. The van der Waals surface area contributed by atoms with E-state index in [1.807, 2.05) is 24.3 Å². The molecule has 0 aliphatic carbocycles. The summed E-state index contributed by atoms with van der Waals surface area (Å²) in [6.07, 6.45) is 0.185. The van der Waals surface area contributed by atoms with Crippen LogP contribution in [0.3, 0.4) is 0 Å². The van der Waals surface area contributed by atoms with Gasteiger partial charge in [0, 0.05) is 22.6 Å². The monoisotopic (exact) mass is 350 g/mol. The Bertz CT molecular complexity index is 810. The quantitative estimate of drug-likeness (QED) is 0.573. The molecule has 0 spiro atoms. The molecule has 0 heterocycles. The molecular formula is C21H21NO2P+. The fourth-order valence-corrected chi connectivity index (χ4v) is 3.26. The Balaban J connectivity index is 2.02. The molecule has 3 aromatic rings. The van der Waals surface area contributed by atoms with E-state index in [-0.39, 0.29) is 6.16 Å². The zero-order valence-corrected chi connectivity index (χ0v) is 15.3. The maximum absolute atomic E-state index is 11.0. The summed E-state index contributed by atoms with van der Waals surface area (Å²) < 4.78 is 11.0. The molecule has 0 aliphatic heterocycles. The first-order valence-electron chi connectivity index (χ1n) is 8.19. The van der Waals surface area contributed by atoms with Crippen LogP contribution >= 0.6 is 8.03 Å². The first-order valence-corrected chi connectivity index (χ1v) is 9.58. The van der Waals surface area contributed by atoms with Gasteiger partial charge in [-0.05, 0) is 54.8 Å². The van der Waals surface area contributed by atoms with E-state index >= 15 is 0 Å². The summed E-state index contributed by atoms with van der Waals surface area (Å²) in [5.74, 6) is 0. The van der Waals surface area contributed by atoms with Crippen molar-refractivity contribution in [2.45, 2.75) is 20.0 Å². The molecule has 0 saturated carbocycles. The Labute approximate surface area is 149 Å². The van der Waals surface area contributed by atoms with E-state index in [1.54, 1.807) is 0 Å². The first-order chi connectivity index (χ1) is 12.0. The predicted molar refractivity (Wildman–Crippen MR) is 104 cm³/mol. The van der Waals surface area contributed by atoms with Gasteiger partial charge in [-0.25, -0.2) is 0 Å². The van der Waals surface area contributed by atoms with E-state index in [9.17, 15) is 4.57 Å². The average Bonchev–Trinajstić information content (AvgIpc) is 2.59. The molecule has 25 heavy (non-hydrogen) atoms. The van der Waals surface area contributed by atoms with Crippen molar-refractivity contribution < 1.29 is 9.46 Å². The van der Waals surface area contributed by atoms with Crippen LogP contribution in [0.25, 0.3) is 0 Å². The second-order valence-electron chi connectivity index (χ2n) is 6.18. The van der Waals surface area contributed by atoms with Crippen molar-refractivity contribution in [2.75, 3.05) is 4.90 Å². The highest BCUT2D eigenvalue weighted by molar-refractivity contribution is 7.37. The van der Waals surface area contributed by atoms with E-state index in [0.717, 1.165) is 22.6 Å². The van der Waals surface area contributed by atoms with Crippen LogP contribution in [0.15, 0.2) is 72.8 Å². The Hall–Kier alpha value is -2.48. The summed E-state index contributed by atoms with van der Waals surface area (Å²) in [6.45, 7) is 4.15. The number of hydrogen-bond acceptors (Lipinski definition) is 2. The molecule has 1 atom stereocenters. The van der Waals surface area contributed by atoms with Gasteiger partial charge >= 0.3 is 8.03 Å². The third-order valence-corrected chi connectivity index (χ3v) is 4.73. The molecule has 4 heteroatoms. The van der Waals surface area contributed by atoms with Crippen molar-refractivity contribution in [3.05, 3.63) is 89.5 Å². The first kappa shape index (κ1) is 17.3. The van der Waals surface area contributed by atoms with Gasteiger partial charge in [-0.2, -0.15) is 4.89 Å². The van der Waals surface area contributed by atoms with Crippen LogP contribution in [-0.2, 0) is 10.7 Å². The lowest BCUT2D eigenvalue weighted by Gasteiger charge is -2.25. The van der Waals surface area contributed by atoms with E-state index in [4.69, 9.17) is 4.89 Å². The number of benzene rings is 3. The van der Waals surface area contributed by atoms with Crippen molar-refractivity contribution in [2.24, 2.45) is 0 Å². The molecule has 0 amide bonds. The van der Waals surface area contributed by atoms with Crippen LogP contribution in [0.2, 0.25) is 0 Å². The van der Waals surface area contributed by atoms with Crippen LogP contribution in [-0.4, -0.2) is 4.89 Å². The van der Waals surface area contributed by atoms with Gasteiger partial charge in [0.25, 0.3) is 0 Å². The average molecular weight is 350 g/mol. The van der Waals surface area contributed by atoms with Crippen LogP contribution in [0.4, 0.5) is 17.1 Å². The summed E-state index contributed by atoms with van der Waals surface area (Å²) in [5.41, 5.74) is 6.47. The smallest absolute Gasteiger partial charge is 0.311 e. The van der Waals surface area contributed by atoms with Crippen molar-refractivity contribution >= 4 is 25.1 Å². The molecule has 0 aromatic heterocycles. The van der Waals surface area contributed by atoms with Crippen LogP contribution in [0, 0.1) is 13.8 Å². The van der Waals surface area contributed by atoms with Gasteiger partial charge in [0.2, 0.25) is 6.16 Å². The van der Waals surface area contributed by atoms with E-state index in [1.165, 1.54) is 11.1 Å². The summed E-state index contributed by atoms with van der Waals surface area (Å²) in [6, 6.07) is 24.6. The molecule has 0 radical (unpaired) electrons. The Morgan fingerprint density at radius 1 is 0.720 bits per heavy atom. The Morgan fingerprint density at radius 3 is 1.44 bits per heavy atom. The zero-order chi connectivity index (χ0) is 17.8. The van der Waals surface area contributed by atoms with Gasteiger partial charge in [-0.3, -0.25) is 0 Å². The minimum Gasteiger partial charge on any atom is -0.311 e. The van der Waals surface area contributed by atoms with Gasteiger partial charge in [0.05, 0.1) is 0 Å². The largest absolute Gasteiger partial charge is 0.510 e. The van der Waals surface area contributed by atoms with E-state index in [0.29, 0.717) is 0 Å². The van der Waals surface area contributed by atoms with Crippen LogP contribution in [0.5, 0.6) is 0 Å². The third-order valence-electron chi connectivity index (χ3n) is 4.10. The minimum absolute atomic E-state index is 0.185. The highest BCUT2D eigenvalue weighted by Gasteiger charge is 2.15. The standard InChI is InChI=1S/C21H20NO2P/c1-16-3-9-19(10-4-16)22(20-11-5-17(2)6-12-20)21-13-7-18(8-14-21)15-25(23)24/h3-14H,15H2,1-2H3/p+1. The third kappa shape index (κ3) is 4.33. The number of anilines is 3. The summed E-state index contributed by atoms with van der Waals surface area (Å²) in [7, 11) is -2.16. The highest BCUT2D eigenvalue weighted by atomic mass is 31.1. The van der Waals surface area contributed by atoms with Gasteiger partial charge in [-0.1, -0.05) is 47.5 Å². The molecule has 3 nitrogen and oxygen atoms in total. The topological polar surface area (TPSA) is 40.5 Å². The molecule has 3 rings (SSSR count). The molecule has 0 fully saturated rings. The van der Waals surface area contributed by atoms with Crippen molar-refractivity contribution in [1.29, 1.82) is 0 Å². The fourth-order valence-electron chi connectivity index (χ4n) is 2.74. The highest BCUT2D eigenvalue weighted by Crippen LogP contribution is 2.35. The fraction of sp³-hybridized carbons (Fsp3) is 0.143. The molecule has 1 unspecified atom stereocenters. The lowest BCUT2D eigenvalue weighted by atomic mass is 10.1. The Kier molecular flexibility index (Phi) is 5.28. The summed E-state index contributed by atoms with van der Waals surface area (Å²) >= 11 is 0. The van der Waals surface area contributed by atoms with E-state index < -0.39 is 8.03 Å². The Morgan fingerprint density at radius 2 is 1.08 bits per heavy atom. The lowest BCUT2D eigenvalue weighted by Crippen LogP contribution is -2.09.